The van der Waals surface area contributed by atoms with Crippen LogP contribution in [0.5, 0.6) is 5.75 Å². The zero-order chi connectivity index (χ0) is 19.2. The normalized spacial score (nSPS) is 11.4. The largest absolute Gasteiger partial charge is 0.426 e. The summed E-state index contributed by atoms with van der Waals surface area (Å²) in [5, 5.41) is 0. The van der Waals surface area contributed by atoms with E-state index in [0.29, 0.717) is 34.3 Å². The van der Waals surface area contributed by atoms with Crippen LogP contribution < -0.4 is 4.74 Å². The predicted octanol–water partition coefficient (Wildman–Crippen LogP) is 4.44. The van der Waals surface area contributed by atoms with Crippen LogP contribution >= 0.6 is 0 Å². The molecule has 4 heteroatoms. The Morgan fingerprint density at radius 2 is 1.56 bits per heavy atom. The van der Waals surface area contributed by atoms with Gasteiger partial charge in [0, 0.05) is 16.7 Å². The van der Waals surface area contributed by atoms with E-state index >= 15 is 0 Å². The Bertz CT molecular complexity index is 976. The molecule has 0 aliphatic rings. The number of hydrogen-bond donors (Lipinski definition) is 0. The summed E-state index contributed by atoms with van der Waals surface area (Å²) < 4.78 is 5.38. The molecule has 0 aliphatic heterocycles. The quantitative estimate of drug-likeness (QED) is 0.283. The van der Waals surface area contributed by atoms with Crippen molar-refractivity contribution >= 4 is 18.0 Å². The molecule has 3 rings (SSSR count). The van der Waals surface area contributed by atoms with Gasteiger partial charge < -0.3 is 4.74 Å². The summed E-state index contributed by atoms with van der Waals surface area (Å²) >= 11 is 0. The Kier molecular flexibility index (Phi) is 5.57. The Labute approximate surface area is 157 Å². The van der Waals surface area contributed by atoms with E-state index in [1.54, 1.807) is 61.5 Å². The molecular formula is C23H18O4. The lowest BCUT2D eigenvalue weighted by atomic mass is 9.96. The second-order valence-corrected chi connectivity index (χ2v) is 6.15. The number of esters is 1. The molecular weight excluding hydrogens is 340 g/mol. The zero-order valence-corrected chi connectivity index (χ0v) is 14.8. The second-order valence-electron chi connectivity index (χ2n) is 6.15. The summed E-state index contributed by atoms with van der Waals surface area (Å²) in [6.45, 7) is 1.72. The molecule has 4 nitrogen and oxygen atoms in total. The molecule has 3 aromatic rings. The number of ether oxygens (including phenoxy) is 1. The van der Waals surface area contributed by atoms with Crippen LogP contribution in [-0.4, -0.2) is 18.0 Å². The average molecular weight is 358 g/mol. The average Bonchev–Trinajstić information content (AvgIpc) is 2.73. The maximum Gasteiger partial charge on any atom is 0.318 e. The molecule has 3 aromatic carbocycles. The maximum atomic E-state index is 12.6. The molecule has 0 heterocycles. The third-order valence-corrected chi connectivity index (χ3v) is 4.25. The molecule has 0 saturated carbocycles. The molecule has 0 N–H and O–H groups in total. The van der Waals surface area contributed by atoms with E-state index in [2.05, 4.69) is 0 Å². The molecule has 0 spiro atoms. The van der Waals surface area contributed by atoms with Crippen molar-refractivity contribution in [2.24, 2.45) is 0 Å². The minimum atomic E-state index is -0.562. The molecule has 134 valence electrons. The minimum absolute atomic E-state index is 0.100. The molecule has 1 atom stereocenters. The summed E-state index contributed by atoms with van der Waals surface area (Å²) in [6.07, 6.45) is 0.694. The second kappa shape index (κ2) is 8.23. The van der Waals surface area contributed by atoms with Gasteiger partial charge in [-0.05, 0) is 30.7 Å². The highest BCUT2D eigenvalue weighted by molar-refractivity contribution is 6.09. The number of benzene rings is 3. The molecule has 0 amide bonds. The van der Waals surface area contributed by atoms with Gasteiger partial charge in [0.05, 0.1) is 5.92 Å². The number of ketones is 1. The first kappa shape index (κ1) is 18.3. The molecule has 0 aromatic heterocycles. The summed E-state index contributed by atoms with van der Waals surface area (Å²) in [5.41, 5.74) is 2.23. The van der Waals surface area contributed by atoms with E-state index in [1.165, 1.54) is 6.07 Å². The number of hydrogen-bond acceptors (Lipinski definition) is 4. The van der Waals surface area contributed by atoms with Crippen LogP contribution in [0.3, 0.4) is 0 Å². The first-order chi connectivity index (χ1) is 13.1. The number of aldehydes is 1. The highest BCUT2D eigenvalue weighted by Crippen LogP contribution is 2.22. The molecule has 0 saturated heterocycles. The van der Waals surface area contributed by atoms with Crippen LogP contribution in [0, 0.1) is 0 Å². The summed E-state index contributed by atoms with van der Waals surface area (Å²) in [7, 11) is 0. The van der Waals surface area contributed by atoms with Gasteiger partial charge in [0.1, 0.15) is 12.0 Å². The van der Waals surface area contributed by atoms with Gasteiger partial charge in [0.2, 0.25) is 0 Å². The molecule has 0 bridgehead atoms. The van der Waals surface area contributed by atoms with Gasteiger partial charge in [-0.15, -0.1) is 0 Å². The summed E-state index contributed by atoms with van der Waals surface area (Å²) in [6, 6.07) is 22.4. The number of carbonyl (C=O) groups excluding carboxylic acids is 3. The maximum absolute atomic E-state index is 12.6. The fourth-order valence-corrected chi connectivity index (χ4v) is 2.70. The van der Waals surface area contributed by atoms with Crippen molar-refractivity contribution < 1.29 is 19.1 Å². The van der Waals surface area contributed by atoms with Crippen molar-refractivity contribution in [2.45, 2.75) is 12.8 Å². The molecule has 27 heavy (non-hydrogen) atoms. The van der Waals surface area contributed by atoms with E-state index in [4.69, 9.17) is 4.74 Å². The van der Waals surface area contributed by atoms with Crippen LogP contribution in [0.15, 0.2) is 78.9 Å². The van der Waals surface area contributed by atoms with Gasteiger partial charge in [0.25, 0.3) is 0 Å². The van der Waals surface area contributed by atoms with Crippen LogP contribution in [0.2, 0.25) is 0 Å². The lowest BCUT2D eigenvalue weighted by molar-refractivity contribution is -0.135. The summed E-state index contributed by atoms with van der Waals surface area (Å²) in [5.74, 6) is -0.805. The fourth-order valence-electron chi connectivity index (χ4n) is 2.70. The highest BCUT2D eigenvalue weighted by Gasteiger charge is 2.19. The molecule has 0 fully saturated rings. The Balaban J connectivity index is 1.78. The molecule has 0 radical (unpaired) electrons. The van der Waals surface area contributed by atoms with E-state index in [9.17, 15) is 14.4 Å². The van der Waals surface area contributed by atoms with Gasteiger partial charge >= 0.3 is 5.97 Å². The third kappa shape index (κ3) is 4.36. The minimum Gasteiger partial charge on any atom is -0.426 e. The van der Waals surface area contributed by atoms with Crippen molar-refractivity contribution in [3.63, 3.8) is 0 Å². The first-order valence-electron chi connectivity index (χ1n) is 8.55. The fraction of sp³-hybridized carbons (Fsp3) is 0.0870. The Hall–Kier alpha value is -3.53. The van der Waals surface area contributed by atoms with Crippen LogP contribution in [-0.2, 0) is 4.79 Å². The van der Waals surface area contributed by atoms with Gasteiger partial charge in [-0.3, -0.25) is 14.4 Å². The van der Waals surface area contributed by atoms with Gasteiger partial charge in [-0.2, -0.15) is 0 Å². The first-order valence-corrected chi connectivity index (χ1v) is 8.55. The summed E-state index contributed by atoms with van der Waals surface area (Å²) in [4.78, 5) is 35.9. The van der Waals surface area contributed by atoms with Crippen molar-refractivity contribution in [2.75, 3.05) is 0 Å². The molecule has 1 unspecified atom stereocenters. The van der Waals surface area contributed by atoms with E-state index in [1.807, 2.05) is 18.2 Å². The van der Waals surface area contributed by atoms with Crippen molar-refractivity contribution in [3.05, 3.63) is 101 Å². The molecule has 0 aliphatic carbocycles. The van der Waals surface area contributed by atoms with Gasteiger partial charge in [-0.25, -0.2) is 0 Å². The predicted molar refractivity (Wildman–Crippen MR) is 102 cm³/mol. The van der Waals surface area contributed by atoms with E-state index in [0.717, 1.165) is 0 Å². The van der Waals surface area contributed by atoms with Crippen molar-refractivity contribution in [1.82, 2.24) is 0 Å². The Morgan fingerprint density at radius 3 is 2.30 bits per heavy atom. The van der Waals surface area contributed by atoms with Crippen LogP contribution in [0.4, 0.5) is 0 Å². The lowest BCUT2D eigenvalue weighted by Gasteiger charge is -2.13. The van der Waals surface area contributed by atoms with Crippen molar-refractivity contribution in [1.29, 1.82) is 0 Å². The van der Waals surface area contributed by atoms with Gasteiger partial charge in [-0.1, -0.05) is 60.7 Å². The van der Waals surface area contributed by atoms with Gasteiger partial charge in [0.15, 0.2) is 5.78 Å². The number of carbonyl (C=O) groups is 3. The highest BCUT2D eigenvalue weighted by atomic mass is 16.5. The van der Waals surface area contributed by atoms with Crippen molar-refractivity contribution in [3.8, 4) is 5.75 Å². The monoisotopic (exact) mass is 358 g/mol. The van der Waals surface area contributed by atoms with E-state index < -0.39 is 11.9 Å². The SMILES string of the molecule is CC(C(=O)Oc1cccc(C=O)c1)c1cccc(C(=O)c2ccccc2)c1. The zero-order valence-electron chi connectivity index (χ0n) is 14.8. The lowest BCUT2D eigenvalue weighted by Crippen LogP contribution is -2.16. The number of rotatable bonds is 6. The third-order valence-electron chi connectivity index (χ3n) is 4.25. The van der Waals surface area contributed by atoms with Crippen LogP contribution in [0.25, 0.3) is 0 Å². The Morgan fingerprint density at radius 1 is 0.852 bits per heavy atom. The standard InChI is InChI=1S/C23H18O4/c1-16(23(26)27-21-12-5-7-17(13-21)15-24)19-10-6-11-20(14-19)22(25)18-8-3-2-4-9-18/h2-16H,1H3. The topological polar surface area (TPSA) is 60.4 Å². The van der Waals surface area contributed by atoms with Crippen LogP contribution in [0.1, 0.15) is 44.7 Å². The van der Waals surface area contributed by atoms with E-state index in [-0.39, 0.29) is 5.78 Å². The smallest absolute Gasteiger partial charge is 0.318 e.